The van der Waals surface area contributed by atoms with Crippen LogP contribution in [0.4, 0.5) is 0 Å². The second kappa shape index (κ2) is 7.70. The number of halogens is 1. The lowest BCUT2D eigenvalue weighted by atomic mass is 10.1. The summed E-state index contributed by atoms with van der Waals surface area (Å²) in [5.41, 5.74) is 4.29. The Morgan fingerprint density at radius 1 is 1.33 bits per heavy atom. The number of amides is 1. The highest BCUT2D eigenvalue weighted by Gasteiger charge is 2.29. The third kappa shape index (κ3) is 3.99. The minimum Gasteiger partial charge on any atom is -0.479 e. The van der Waals surface area contributed by atoms with Gasteiger partial charge in [-0.3, -0.25) is 4.79 Å². The van der Waals surface area contributed by atoms with E-state index in [1.807, 2.05) is 39.0 Å². The summed E-state index contributed by atoms with van der Waals surface area (Å²) in [6, 6.07) is 5.71. The molecule has 2 heterocycles. The second-order valence-electron chi connectivity index (χ2n) is 6.71. The van der Waals surface area contributed by atoms with Crippen molar-refractivity contribution >= 4 is 23.5 Å². The summed E-state index contributed by atoms with van der Waals surface area (Å²) >= 11 is 6.23. The predicted molar refractivity (Wildman–Crippen MR) is 100 cm³/mol. The van der Waals surface area contributed by atoms with Gasteiger partial charge in [-0.05, 0) is 38.5 Å². The molecule has 1 fully saturated rings. The van der Waals surface area contributed by atoms with E-state index in [1.54, 1.807) is 9.58 Å². The van der Waals surface area contributed by atoms with Gasteiger partial charge in [-0.15, -0.1) is 0 Å². The largest absolute Gasteiger partial charge is 0.479 e. The van der Waals surface area contributed by atoms with Gasteiger partial charge in [0.25, 0.3) is 0 Å². The number of aryl methyl sites for hydroxylation is 2. The Hall–Kier alpha value is -2.38. The Kier molecular flexibility index (Phi) is 5.53. The number of aromatic nitrogens is 2. The molecule has 0 spiro atoms. The van der Waals surface area contributed by atoms with Gasteiger partial charge in [-0.1, -0.05) is 17.7 Å². The Bertz CT molecular complexity index is 893. The third-order valence-corrected chi connectivity index (χ3v) is 5.27. The van der Waals surface area contributed by atoms with Crippen molar-refractivity contribution in [3.05, 3.63) is 45.7 Å². The van der Waals surface area contributed by atoms with Crippen molar-refractivity contribution in [1.82, 2.24) is 14.7 Å². The molecule has 0 radical (unpaired) electrons. The molecule has 1 aliphatic rings. The van der Waals surface area contributed by atoms with Gasteiger partial charge >= 0.3 is 5.97 Å². The van der Waals surface area contributed by atoms with Crippen LogP contribution in [0.2, 0.25) is 5.02 Å². The summed E-state index contributed by atoms with van der Waals surface area (Å²) in [6.07, 6.45) is -0.800. The van der Waals surface area contributed by atoms with Crippen LogP contribution in [0.1, 0.15) is 22.5 Å². The van der Waals surface area contributed by atoms with E-state index < -0.39 is 12.1 Å². The normalized spacial score (nSPS) is 17.2. The molecule has 0 bridgehead atoms. The van der Waals surface area contributed by atoms with E-state index in [9.17, 15) is 9.59 Å². The minimum absolute atomic E-state index is 0.0635. The predicted octanol–water partition coefficient (Wildman–Crippen LogP) is 2.31. The number of morpholine rings is 1. The number of hydrogen-bond acceptors (Lipinski definition) is 4. The van der Waals surface area contributed by atoms with Crippen molar-refractivity contribution in [2.45, 2.75) is 33.3 Å². The number of benzene rings is 1. The quantitative estimate of drug-likeness (QED) is 0.864. The summed E-state index contributed by atoms with van der Waals surface area (Å²) in [5.74, 6) is -1.18. The molecule has 0 aliphatic carbocycles. The number of aliphatic carboxylic acids is 1. The average Bonchev–Trinajstić information content (AvgIpc) is 2.92. The molecule has 1 amide bonds. The van der Waals surface area contributed by atoms with Gasteiger partial charge in [-0.25, -0.2) is 9.48 Å². The van der Waals surface area contributed by atoms with Gasteiger partial charge in [0.05, 0.1) is 31.0 Å². The van der Waals surface area contributed by atoms with Crippen molar-refractivity contribution in [1.29, 1.82) is 0 Å². The van der Waals surface area contributed by atoms with E-state index in [2.05, 4.69) is 5.10 Å². The molecular weight excluding hydrogens is 370 g/mol. The van der Waals surface area contributed by atoms with Crippen LogP contribution in [0, 0.1) is 20.8 Å². The number of carbonyl (C=O) groups is 2. The van der Waals surface area contributed by atoms with Crippen LogP contribution in [0.25, 0.3) is 5.69 Å². The molecule has 3 rings (SSSR count). The van der Waals surface area contributed by atoms with Gasteiger partial charge in [0.1, 0.15) is 0 Å². The molecule has 0 saturated carbocycles. The van der Waals surface area contributed by atoms with Gasteiger partial charge < -0.3 is 14.7 Å². The summed E-state index contributed by atoms with van der Waals surface area (Å²) < 4.78 is 6.96. The van der Waals surface area contributed by atoms with Crippen molar-refractivity contribution in [2.75, 3.05) is 19.7 Å². The molecule has 144 valence electrons. The average molecular weight is 392 g/mol. The summed E-state index contributed by atoms with van der Waals surface area (Å²) in [7, 11) is 0. The van der Waals surface area contributed by atoms with Crippen LogP contribution >= 0.6 is 11.6 Å². The highest BCUT2D eigenvalue weighted by molar-refractivity contribution is 6.31. The minimum atomic E-state index is -1.05. The van der Waals surface area contributed by atoms with E-state index in [-0.39, 0.29) is 25.5 Å². The molecule has 1 aromatic heterocycles. The lowest BCUT2D eigenvalue weighted by Crippen LogP contribution is -2.49. The fraction of sp³-hybridized carbons (Fsp3) is 0.421. The molecule has 2 aromatic rings. The van der Waals surface area contributed by atoms with Crippen molar-refractivity contribution < 1.29 is 19.4 Å². The molecular formula is C19H22ClN3O4. The number of hydrogen-bond donors (Lipinski definition) is 1. The first kappa shape index (κ1) is 19.4. The van der Waals surface area contributed by atoms with Crippen molar-refractivity contribution in [2.24, 2.45) is 0 Å². The highest BCUT2D eigenvalue weighted by Crippen LogP contribution is 2.23. The molecule has 8 heteroatoms. The van der Waals surface area contributed by atoms with Crippen LogP contribution in [0.5, 0.6) is 0 Å². The lowest BCUT2D eigenvalue weighted by molar-refractivity contribution is -0.159. The van der Waals surface area contributed by atoms with Crippen molar-refractivity contribution in [3.63, 3.8) is 0 Å². The number of carboxylic acids is 1. The van der Waals surface area contributed by atoms with Crippen LogP contribution < -0.4 is 0 Å². The zero-order valence-electron chi connectivity index (χ0n) is 15.5. The number of ether oxygens (including phenoxy) is 1. The monoisotopic (exact) mass is 391 g/mol. The number of carbonyl (C=O) groups excluding carboxylic acids is 1. The Morgan fingerprint density at radius 3 is 2.74 bits per heavy atom. The van der Waals surface area contributed by atoms with Gasteiger partial charge in [0, 0.05) is 22.8 Å². The van der Waals surface area contributed by atoms with E-state index in [1.165, 1.54) is 0 Å². The maximum absolute atomic E-state index is 12.7. The van der Waals surface area contributed by atoms with E-state index >= 15 is 0 Å². The molecule has 27 heavy (non-hydrogen) atoms. The molecule has 1 N–H and O–H groups in total. The molecule has 7 nitrogen and oxygen atoms in total. The maximum atomic E-state index is 12.7. The van der Waals surface area contributed by atoms with E-state index in [0.29, 0.717) is 11.6 Å². The topological polar surface area (TPSA) is 84.7 Å². The van der Waals surface area contributed by atoms with Crippen molar-refractivity contribution in [3.8, 4) is 5.69 Å². The van der Waals surface area contributed by atoms with Crippen LogP contribution in [-0.2, 0) is 20.7 Å². The van der Waals surface area contributed by atoms with Crippen LogP contribution in [0.3, 0.4) is 0 Å². The zero-order chi connectivity index (χ0) is 19.7. The number of carboxylic acid groups (broad SMARTS) is 1. The highest BCUT2D eigenvalue weighted by atomic mass is 35.5. The van der Waals surface area contributed by atoms with Gasteiger partial charge in [0.15, 0.2) is 6.10 Å². The zero-order valence-corrected chi connectivity index (χ0v) is 16.3. The standard InChI is InChI=1S/C19H22ClN3O4/c1-11-4-5-14(8-16(11)20)23-13(3)15(12(2)21-23)9-18(24)22-6-7-27-17(10-22)19(25)26/h4-5,8,17H,6-7,9-10H2,1-3H3,(H,25,26). The lowest BCUT2D eigenvalue weighted by Gasteiger charge is -2.31. The van der Waals surface area contributed by atoms with E-state index in [4.69, 9.17) is 21.4 Å². The molecule has 1 aromatic carbocycles. The smallest absolute Gasteiger partial charge is 0.334 e. The Balaban J connectivity index is 1.81. The van der Waals surface area contributed by atoms with E-state index in [0.717, 1.165) is 28.2 Å². The summed E-state index contributed by atoms with van der Waals surface area (Å²) in [6.45, 7) is 6.39. The van der Waals surface area contributed by atoms with Crippen LogP contribution in [0.15, 0.2) is 18.2 Å². The summed E-state index contributed by atoms with van der Waals surface area (Å²) in [5, 5.41) is 14.3. The number of nitrogens with zero attached hydrogens (tertiary/aromatic N) is 3. The Morgan fingerprint density at radius 2 is 2.07 bits per heavy atom. The molecule has 1 atom stereocenters. The molecule has 1 unspecified atom stereocenters. The first-order valence-corrected chi connectivity index (χ1v) is 9.09. The van der Waals surface area contributed by atoms with Gasteiger partial charge in [0.2, 0.25) is 5.91 Å². The maximum Gasteiger partial charge on any atom is 0.334 e. The molecule has 1 saturated heterocycles. The second-order valence-corrected chi connectivity index (χ2v) is 7.12. The Labute approximate surface area is 162 Å². The summed E-state index contributed by atoms with van der Waals surface area (Å²) in [4.78, 5) is 25.4. The fourth-order valence-corrected chi connectivity index (χ4v) is 3.36. The third-order valence-electron chi connectivity index (χ3n) is 4.86. The molecule has 1 aliphatic heterocycles. The number of rotatable bonds is 4. The van der Waals surface area contributed by atoms with Gasteiger partial charge in [-0.2, -0.15) is 5.10 Å². The SMILES string of the molecule is Cc1ccc(-n2nc(C)c(CC(=O)N3CCOC(C(=O)O)C3)c2C)cc1Cl. The fourth-order valence-electron chi connectivity index (χ4n) is 3.18. The first-order valence-electron chi connectivity index (χ1n) is 8.71. The van der Waals surface area contributed by atoms with Crippen LogP contribution in [-0.4, -0.2) is 57.5 Å². The first-order chi connectivity index (χ1) is 12.8.